The molecule has 5 heterocycles. The molecule has 0 spiro atoms. The summed E-state index contributed by atoms with van der Waals surface area (Å²) in [5, 5.41) is 8.83. The summed E-state index contributed by atoms with van der Waals surface area (Å²) in [6.07, 6.45) is 4.80. The van der Waals surface area contributed by atoms with Gasteiger partial charge in [-0.2, -0.15) is 0 Å². The topological polar surface area (TPSA) is 68.8 Å². The van der Waals surface area contributed by atoms with Crippen molar-refractivity contribution in [3.8, 4) is 11.5 Å². The number of imidazole rings is 1. The summed E-state index contributed by atoms with van der Waals surface area (Å²) in [6, 6.07) is 9.62. The van der Waals surface area contributed by atoms with Crippen molar-refractivity contribution >= 4 is 5.82 Å². The lowest BCUT2D eigenvalue weighted by Crippen LogP contribution is -2.47. The minimum absolute atomic E-state index is 0.116. The molecule has 2 atom stereocenters. The summed E-state index contributed by atoms with van der Waals surface area (Å²) < 4.78 is 3.88. The molecule has 132 valence electrons. The van der Waals surface area contributed by atoms with Crippen LogP contribution in [0.25, 0.3) is 11.5 Å². The molecule has 5 rings (SSSR count). The number of hydrogen-bond donors (Lipinski definition) is 0. The average molecular weight is 348 g/mol. The van der Waals surface area contributed by atoms with Gasteiger partial charge < -0.3 is 14.0 Å². The van der Waals surface area contributed by atoms with Gasteiger partial charge in [0, 0.05) is 56.8 Å². The summed E-state index contributed by atoms with van der Waals surface area (Å²) in [5.74, 6) is 2.54. The Bertz CT molecular complexity index is 1010. The minimum Gasteiger partial charge on any atom is -0.354 e. The minimum atomic E-state index is 0.116. The van der Waals surface area contributed by atoms with Crippen LogP contribution in [0.2, 0.25) is 0 Å². The highest BCUT2D eigenvalue weighted by molar-refractivity contribution is 5.52. The third-order valence-electron chi connectivity index (χ3n) is 5.50. The van der Waals surface area contributed by atoms with E-state index in [1.165, 1.54) is 0 Å². The normalized spacial score (nSPS) is 21.5. The van der Waals surface area contributed by atoms with Crippen LogP contribution in [0.5, 0.6) is 0 Å². The lowest BCUT2D eigenvalue weighted by molar-refractivity contribution is 0.280. The largest absolute Gasteiger partial charge is 0.354 e. The summed E-state index contributed by atoms with van der Waals surface area (Å²) >= 11 is 0. The van der Waals surface area contributed by atoms with Crippen LogP contribution >= 0.6 is 0 Å². The van der Waals surface area contributed by atoms with Crippen molar-refractivity contribution in [2.45, 2.75) is 18.9 Å². The van der Waals surface area contributed by atoms with Crippen LogP contribution in [-0.2, 0) is 13.6 Å². The van der Waals surface area contributed by atoms with E-state index in [9.17, 15) is 4.79 Å². The molecule has 1 saturated heterocycles. The van der Waals surface area contributed by atoms with E-state index < -0.39 is 0 Å². The molecule has 0 amide bonds. The van der Waals surface area contributed by atoms with E-state index in [-0.39, 0.29) is 5.56 Å². The highest BCUT2D eigenvalue weighted by Gasteiger charge is 2.35. The van der Waals surface area contributed by atoms with Crippen molar-refractivity contribution in [3.63, 3.8) is 0 Å². The predicted octanol–water partition coefficient (Wildman–Crippen LogP) is 1.66. The fourth-order valence-corrected chi connectivity index (χ4v) is 4.31. The molecule has 7 heteroatoms. The van der Waals surface area contributed by atoms with Crippen LogP contribution in [0.3, 0.4) is 0 Å². The first-order valence-corrected chi connectivity index (χ1v) is 8.95. The van der Waals surface area contributed by atoms with Crippen LogP contribution in [0.4, 0.5) is 5.82 Å². The van der Waals surface area contributed by atoms with Gasteiger partial charge in [0.15, 0.2) is 11.6 Å². The number of hydrogen-bond acceptors (Lipinski definition) is 5. The number of nitrogens with zero attached hydrogens (tertiary/aromatic N) is 6. The zero-order chi connectivity index (χ0) is 17.7. The van der Waals surface area contributed by atoms with Crippen LogP contribution in [0.15, 0.2) is 47.5 Å². The molecule has 0 radical (unpaired) electrons. The fourth-order valence-electron chi connectivity index (χ4n) is 4.31. The van der Waals surface area contributed by atoms with Crippen molar-refractivity contribution in [1.82, 2.24) is 24.3 Å². The molecular weight excluding hydrogens is 328 g/mol. The number of aromatic nitrogens is 5. The third kappa shape index (κ3) is 2.42. The zero-order valence-electron chi connectivity index (χ0n) is 14.6. The van der Waals surface area contributed by atoms with Gasteiger partial charge in [-0.05, 0) is 30.5 Å². The molecule has 26 heavy (non-hydrogen) atoms. The second-order valence-electron chi connectivity index (χ2n) is 7.24. The summed E-state index contributed by atoms with van der Waals surface area (Å²) in [4.78, 5) is 18.8. The van der Waals surface area contributed by atoms with E-state index in [0.717, 1.165) is 49.1 Å². The number of fused-ring (bicyclic) bond motifs is 4. The molecule has 0 aromatic carbocycles. The summed E-state index contributed by atoms with van der Waals surface area (Å²) in [6.45, 7) is 2.57. The van der Waals surface area contributed by atoms with Gasteiger partial charge in [0.05, 0.1) is 0 Å². The lowest BCUT2D eigenvalue weighted by Gasteiger charge is -2.43. The molecule has 3 aromatic rings. The molecule has 0 saturated carbocycles. The van der Waals surface area contributed by atoms with Gasteiger partial charge in [-0.1, -0.05) is 6.07 Å². The van der Waals surface area contributed by atoms with Crippen LogP contribution < -0.4 is 10.5 Å². The monoisotopic (exact) mass is 348 g/mol. The predicted molar refractivity (Wildman–Crippen MR) is 98.0 cm³/mol. The number of pyridine rings is 1. The van der Waals surface area contributed by atoms with E-state index in [2.05, 4.69) is 26.1 Å². The van der Waals surface area contributed by atoms with E-state index in [1.807, 2.05) is 40.6 Å². The standard InChI is InChI=1S/C19H20N6O/c1-23-8-7-20-19(23)15-5-6-17(22-21-15)24-10-13-9-14(12-24)16-3-2-4-18(26)25(16)11-13/h2-8,13-14H,9-12H2,1H3. The Balaban J connectivity index is 1.42. The molecule has 0 N–H and O–H groups in total. The Labute approximate surface area is 150 Å². The second-order valence-corrected chi connectivity index (χ2v) is 7.24. The second kappa shape index (κ2) is 5.79. The molecule has 7 nitrogen and oxygen atoms in total. The van der Waals surface area contributed by atoms with Gasteiger partial charge in [-0.3, -0.25) is 4.79 Å². The van der Waals surface area contributed by atoms with Crippen molar-refractivity contribution in [2.24, 2.45) is 13.0 Å². The Morgan fingerprint density at radius 2 is 2.00 bits per heavy atom. The number of rotatable bonds is 2. The number of aryl methyl sites for hydroxylation is 1. The van der Waals surface area contributed by atoms with Crippen molar-refractivity contribution in [2.75, 3.05) is 18.0 Å². The van der Waals surface area contributed by atoms with E-state index in [4.69, 9.17) is 0 Å². The summed E-state index contributed by atoms with van der Waals surface area (Å²) in [7, 11) is 1.95. The first kappa shape index (κ1) is 15.3. The number of anilines is 1. The van der Waals surface area contributed by atoms with Gasteiger partial charge in [0.2, 0.25) is 0 Å². The first-order chi connectivity index (χ1) is 12.7. The molecule has 2 bridgehead atoms. The Morgan fingerprint density at radius 3 is 2.77 bits per heavy atom. The van der Waals surface area contributed by atoms with Crippen LogP contribution in [0.1, 0.15) is 18.0 Å². The van der Waals surface area contributed by atoms with Crippen molar-refractivity contribution in [1.29, 1.82) is 0 Å². The highest BCUT2D eigenvalue weighted by Crippen LogP contribution is 2.36. The molecule has 2 unspecified atom stereocenters. The Hall–Kier alpha value is -2.96. The maximum Gasteiger partial charge on any atom is 0.250 e. The third-order valence-corrected chi connectivity index (χ3v) is 5.50. The van der Waals surface area contributed by atoms with E-state index in [0.29, 0.717) is 11.8 Å². The maximum atomic E-state index is 12.1. The Morgan fingerprint density at radius 1 is 1.08 bits per heavy atom. The van der Waals surface area contributed by atoms with Gasteiger partial charge in [-0.25, -0.2) is 4.98 Å². The molecule has 0 aliphatic carbocycles. The average Bonchev–Trinajstić information content (AvgIpc) is 3.09. The maximum absolute atomic E-state index is 12.1. The molecule has 2 aliphatic heterocycles. The van der Waals surface area contributed by atoms with Gasteiger partial charge in [0.25, 0.3) is 5.56 Å². The number of piperidine rings is 1. The van der Waals surface area contributed by atoms with Gasteiger partial charge in [0.1, 0.15) is 5.69 Å². The SMILES string of the molecule is Cn1ccnc1-c1ccc(N2CC3CC(C2)c2cccc(=O)n2C3)nn1. The smallest absolute Gasteiger partial charge is 0.250 e. The molecular formula is C19H20N6O. The van der Waals surface area contributed by atoms with Crippen LogP contribution in [0, 0.1) is 5.92 Å². The van der Waals surface area contributed by atoms with Gasteiger partial charge in [-0.15, -0.1) is 10.2 Å². The van der Waals surface area contributed by atoms with Crippen molar-refractivity contribution in [3.05, 3.63) is 58.8 Å². The first-order valence-electron chi connectivity index (χ1n) is 8.95. The molecule has 2 aliphatic rings. The summed E-state index contributed by atoms with van der Waals surface area (Å²) in [5.41, 5.74) is 2.04. The zero-order valence-corrected chi connectivity index (χ0v) is 14.6. The van der Waals surface area contributed by atoms with Crippen LogP contribution in [-0.4, -0.2) is 37.4 Å². The molecule has 1 fully saturated rings. The fraction of sp³-hybridized carbons (Fsp3) is 0.368. The van der Waals surface area contributed by atoms with E-state index >= 15 is 0 Å². The van der Waals surface area contributed by atoms with Gasteiger partial charge >= 0.3 is 0 Å². The van der Waals surface area contributed by atoms with Crippen molar-refractivity contribution < 1.29 is 0 Å². The highest BCUT2D eigenvalue weighted by atomic mass is 16.1. The van der Waals surface area contributed by atoms with E-state index in [1.54, 1.807) is 12.3 Å². The quantitative estimate of drug-likeness (QED) is 0.705. The Kier molecular flexibility index (Phi) is 3.41. The molecule has 3 aromatic heterocycles. The lowest BCUT2D eigenvalue weighted by atomic mass is 9.83.